The van der Waals surface area contributed by atoms with Crippen LogP contribution in [-0.2, 0) is 11.0 Å². The highest BCUT2D eigenvalue weighted by atomic mass is 19.4. The maximum Gasteiger partial charge on any atom is 0.432 e. The Kier molecular flexibility index (Phi) is 4.08. The van der Waals surface area contributed by atoms with Gasteiger partial charge >= 0.3 is 6.18 Å². The molecular weight excluding hydrogens is 251 g/mol. The number of halogens is 3. The number of aliphatic imine (C=N–C) groups is 1. The molecule has 0 aliphatic heterocycles. The minimum atomic E-state index is -4.52. The number of nitrogens with one attached hydrogen (secondary N) is 3. The van der Waals surface area contributed by atoms with Gasteiger partial charge in [0.15, 0.2) is 5.82 Å². The van der Waals surface area contributed by atoms with E-state index in [2.05, 4.69) is 27.3 Å². The van der Waals surface area contributed by atoms with E-state index >= 15 is 0 Å². The molecule has 0 aliphatic rings. The van der Waals surface area contributed by atoms with E-state index in [-0.39, 0.29) is 11.8 Å². The number of amides is 1. The lowest BCUT2D eigenvalue weighted by Gasteiger charge is -2.06. The van der Waals surface area contributed by atoms with Crippen molar-refractivity contribution in [1.82, 2.24) is 15.5 Å². The van der Waals surface area contributed by atoms with Crippen molar-refractivity contribution < 1.29 is 18.0 Å². The molecule has 1 rings (SSSR count). The van der Waals surface area contributed by atoms with E-state index in [0.717, 1.165) is 12.3 Å². The van der Waals surface area contributed by atoms with Crippen LogP contribution in [-0.4, -0.2) is 22.1 Å². The Labute approximate surface area is 100.0 Å². The third-order valence-corrected chi connectivity index (χ3v) is 1.64. The lowest BCUT2D eigenvalue weighted by atomic mass is 10.4. The number of anilines is 1. The maximum atomic E-state index is 12.3. The summed E-state index contributed by atoms with van der Waals surface area (Å²) in [6, 6.07) is 0.750. The van der Waals surface area contributed by atoms with Gasteiger partial charge in [-0.2, -0.15) is 18.3 Å². The molecule has 9 heteroatoms. The summed E-state index contributed by atoms with van der Waals surface area (Å²) in [7, 11) is 0. The first kappa shape index (κ1) is 13.7. The highest BCUT2D eigenvalue weighted by Crippen LogP contribution is 2.28. The maximum absolute atomic E-state index is 12.3. The fourth-order valence-electron chi connectivity index (χ4n) is 1.01. The molecule has 18 heavy (non-hydrogen) atoms. The van der Waals surface area contributed by atoms with Crippen LogP contribution in [0.15, 0.2) is 23.8 Å². The van der Waals surface area contributed by atoms with Gasteiger partial charge in [0.25, 0.3) is 0 Å². The van der Waals surface area contributed by atoms with E-state index in [9.17, 15) is 18.0 Å². The first-order valence-corrected chi connectivity index (χ1v) is 4.69. The molecule has 0 atom stereocenters. The molecule has 0 fully saturated rings. The fourth-order valence-corrected chi connectivity index (χ4v) is 1.01. The predicted molar refractivity (Wildman–Crippen MR) is 58.7 cm³/mol. The molecule has 1 amide bonds. The van der Waals surface area contributed by atoms with Crippen molar-refractivity contribution in [2.24, 2.45) is 4.99 Å². The van der Waals surface area contributed by atoms with Crippen molar-refractivity contribution >= 4 is 17.7 Å². The van der Waals surface area contributed by atoms with Gasteiger partial charge in [-0.3, -0.25) is 15.2 Å². The zero-order chi connectivity index (χ0) is 13.8. The predicted octanol–water partition coefficient (Wildman–Crippen LogP) is 1.48. The number of guanidine groups is 1. The third kappa shape index (κ3) is 3.92. The molecule has 0 saturated carbocycles. The zero-order valence-corrected chi connectivity index (χ0v) is 9.30. The van der Waals surface area contributed by atoms with Crippen molar-refractivity contribution in [3.8, 4) is 0 Å². The Hall–Kier alpha value is -2.32. The van der Waals surface area contributed by atoms with E-state index < -0.39 is 17.8 Å². The zero-order valence-electron chi connectivity index (χ0n) is 9.30. The molecule has 98 valence electrons. The smallest absolute Gasteiger partial charge is 0.309 e. The van der Waals surface area contributed by atoms with Crippen molar-refractivity contribution in [1.29, 1.82) is 0 Å². The number of alkyl halides is 3. The molecule has 0 bridgehead atoms. The molecule has 0 spiro atoms. The number of aromatic nitrogens is 2. The molecule has 6 nitrogen and oxygen atoms in total. The summed E-state index contributed by atoms with van der Waals surface area (Å²) in [5.74, 6) is -0.635. The van der Waals surface area contributed by atoms with E-state index in [0.29, 0.717) is 0 Å². The number of carbonyl (C=O) groups excluding carboxylic acids is 1. The highest BCUT2D eigenvalue weighted by molar-refractivity contribution is 6.03. The molecule has 1 aromatic heterocycles. The molecule has 3 N–H and O–H groups in total. The summed E-state index contributed by atoms with van der Waals surface area (Å²) in [5, 5.41) is 9.88. The number of H-pyrrole nitrogens is 1. The van der Waals surface area contributed by atoms with Gasteiger partial charge in [0.2, 0.25) is 11.9 Å². The van der Waals surface area contributed by atoms with Crippen molar-refractivity contribution in [3.63, 3.8) is 0 Å². The standard InChI is InChI=1S/C9H10F3N5O/c1-3-13-8(14-5(2)18)15-7-4-6(16-17-7)9(10,11)12/h3-4H,1H2,2H3,(H3,13,14,15,16,17,18). The van der Waals surface area contributed by atoms with Crippen molar-refractivity contribution in [3.05, 3.63) is 24.5 Å². The normalized spacial score (nSPS) is 12.1. The first-order chi connectivity index (χ1) is 8.32. The number of aromatic amines is 1. The van der Waals surface area contributed by atoms with Gasteiger partial charge in [0.1, 0.15) is 5.69 Å². The van der Waals surface area contributed by atoms with Gasteiger partial charge in [-0.1, -0.05) is 6.58 Å². The summed E-state index contributed by atoms with van der Waals surface area (Å²) in [6.07, 6.45) is -3.40. The second kappa shape index (κ2) is 5.34. The van der Waals surface area contributed by atoms with Crippen LogP contribution >= 0.6 is 0 Å². The van der Waals surface area contributed by atoms with Gasteiger partial charge in [0, 0.05) is 19.2 Å². The topological polar surface area (TPSA) is 82.2 Å². The van der Waals surface area contributed by atoms with Crippen LogP contribution in [0.5, 0.6) is 0 Å². The average Bonchev–Trinajstić information content (AvgIpc) is 2.64. The van der Waals surface area contributed by atoms with Crippen LogP contribution in [0.25, 0.3) is 0 Å². The van der Waals surface area contributed by atoms with Gasteiger partial charge in [-0.25, -0.2) is 4.99 Å². The molecule has 1 heterocycles. The van der Waals surface area contributed by atoms with Crippen LogP contribution in [0.3, 0.4) is 0 Å². The minimum absolute atomic E-state index is 0.0716. The fraction of sp³-hybridized carbons (Fsp3) is 0.222. The molecular formula is C9H10F3N5O. The minimum Gasteiger partial charge on any atom is -0.309 e. The first-order valence-electron chi connectivity index (χ1n) is 4.69. The number of hydrogen-bond donors (Lipinski definition) is 3. The van der Waals surface area contributed by atoms with Gasteiger partial charge in [-0.05, 0) is 0 Å². The summed E-state index contributed by atoms with van der Waals surface area (Å²) in [4.78, 5) is 14.4. The molecule has 1 aromatic rings. The Morgan fingerprint density at radius 1 is 1.61 bits per heavy atom. The van der Waals surface area contributed by atoms with Crippen LogP contribution in [0.1, 0.15) is 12.6 Å². The summed E-state index contributed by atoms with van der Waals surface area (Å²) in [5.41, 5.74) is -1.01. The Morgan fingerprint density at radius 2 is 2.28 bits per heavy atom. The monoisotopic (exact) mass is 261 g/mol. The quantitative estimate of drug-likeness (QED) is 0.557. The molecule has 0 aliphatic carbocycles. The third-order valence-electron chi connectivity index (χ3n) is 1.64. The van der Waals surface area contributed by atoms with Crippen molar-refractivity contribution in [2.75, 3.05) is 5.32 Å². The van der Waals surface area contributed by atoms with Gasteiger partial charge in [0.05, 0.1) is 0 Å². The van der Waals surface area contributed by atoms with Crippen LogP contribution in [0.2, 0.25) is 0 Å². The number of hydrogen-bond acceptors (Lipinski definition) is 3. The SMILES string of the molecule is C=CN=C(NC(C)=O)Nc1cc(C(F)(F)F)[nH]n1. The van der Waals surface area contributed by atoms with Crippen LogP contribution < -0.4 is 10.6 Å². The summed E-state index contributed by atoms with van der Waals surface area (Å²) in [6.45, 7) is 4.53. The average molecular weight is 261 g/mol. The van der Waals surface area contributed by atoms with E-state index in [1.165, 1.54) is 6.92 Å². The van der Waals surface area contributed by atoms with E-state index in [1.54, 1.807) is 0 Å². The van der Waals surface area contributed by atoms with E-state index in [4.69, 9.17) is 0 Å². The number of carbonyl (C=O) groups is 1. The summed E-state index contributed by atoms with van der Waals surface area (Å²) >= 11 is 0. The summed E-state index contributed by atoms with van der Waals surface area (Å²) < 4.78 is 36.8. The molecule has 0 unspecified atom stereocenters. The second-order valence-corrected chi connectivity index (χ2v) is 3.13. The van der Waals surface area contributed by atoms with Crippen LogP contribution in [0.4, 0.5) is 19.0 Å². The Balaban J connectivity index is 2.82. The molecule has 0 saturated heterocycles. The van der Waals surface area contributed by atoms with Crippen LogP contribution in [0, 0.1) is 0 Å². The Bertz CT molecular complexity index is 477. The lowest BCUT2D eigenvalue weighted by molar-refractivity contribution is -0.141. The molecule has 0 aromatic carbocycles. The second-order valence-electron chi connectivity index (χ2n) is 3.13. The highest BCUT2D eigenvalue weighted by Gasteiger charge is 2.33. The number of nitrogens with zero attached hydrogens (tertiary/aromatic N) is 2. The van der Waals surface area contributed by atoms with Gasteiger partial charge < -0.3 is 5.32 Å². The van der Waals surface area contributed by atoms with Crippen molar-refractivity contribution in [2.45, 2.75) is 13.1 Å². The Morgan fingerprint density at radius 3 is 2.72 bits per heavy atom. The largest absolute Gasteiger partial charge is 0.432 e. The van der Waals surface area contributed by atoms with Gasteiger partial charge in [-0.15, -0.1) is 0 Å². The number of rotatable bonds is 2. The van der Waals surface area contributed by atoms with E-state index in [1.807, 2.05) is 5.10 Å². The lowest BCUT2D eigenvalue weighted by Crippen LogP contribution is -2.34. The molecule has 0 radical (unpaired) electrons.